The first-order valence-electron chi connectivity index (χ1n) is 10.4. The molecular weight excluding hydrogens is 398 g/mol. The largest absolute Gasteiger partial charge is 0.373 e. The number of carbonyl (C=O) groups is 1. The molecule has 3 heterocycles. The molecule has 1 atom stereocenters. The van der Waals surface area contributed by atoms with Crippen molar-refractivity contribution in [3.63, 3.8) is 0 Å². The van der Waals surface area contributed by atoms with Crippen molar-refractivity contribution >= 4 is 11.7 Å². The Morgan fingerprint density at radius 3 is 2.68 bits per heavy atom. The first-order chi connectivity index (χ1) is 15.0. The average molecular weight is 422 g/mol. The van der Waals surface area contributed by atoms with Crippen LogP contribution in [0.2, 0.25) is 0 Å². The van der Waals surface area contributed by atoms with Crippen LogP contribution in [0.15, 0.2) is 54.9 Å². The molecule has 31 heavy (non-hydrogen) atoms. The Morgan fingerprint density at radius 2 is 1.97 bits per heavy atom. The lowest BCUT2D eigenvalue weighted by Gasteiger charge is -2.32. The minimum Gasteiger partial charge on any atom is -0.373 e. The molecule has 3 aromatic rings. The lowest BCUT2D eigenvalue weighted by molar-refractivity contribution is 0.0706. The lowest BCUT2D eigenvalue weighted by atomic mass is 9.93. The van der Waals surface area contributed by atoms with E-state index < -0.39 is 11.6 Å². The molecule has 1 saturated heterocycles. The Hall–Kier alpha value is -3.35. The first kappa shape index (κ1) is 20.9. The summed E-state index contributed by atoms with van der Waals surface area (Å²) in [4.78, 5) is 23.5. The number of carbonyl (C=O) groups excluding carboxylic acids is 1. The minimum absolute atomic E-state index is 0.0183. The van der Waals surface area contributed by atoms with Gasteiger partial charge >= 0.3 is 0 Å². The van der Waals surface area contributed by atoms with Crippen LogP contribution in [0.4, 0.5) is 14.6 Å². The quantitative estimate of drug-likeness (QED) is 0.662. The van der Waals surface area contributed by atoms with Crippen LogP contribution >= 0.6 is 0 Å². The summed E-state index contributed by atoms with van der Waals surface area (Å²) < 4.78 is 27.8. The number of nitrogens with zero attached hydrogens (tertiary/aromatic N) is 3. The van der Waals surface area contributed by atoms with E-state index in [1.807, 2.05) is 17.0 Å². The number of anilines is 1. The topological polar surface area (TPSA) is 58.1 Å². The number of aromatic nitrogens is 2. The molecule has 4 rings (SSSR count). The van der Waals surface area contributed by atoms with E-state index in [-0.39, 0.29) is 23.8 Å². The number of likely N-dealkylation sites (tertiary alicyclic amines) is 1. The first-order valence-corrected chi connectivity index (χ1v) is 10.4. The summed E-state index contributed by atoms with van der Waals surface area (Å²) >= 11 is 0. The fourth-order valence-corrected chi connectivity index (χ4v) is 3.97. The zero-order valence-corrected chi connectivity index (χ0v) is 17.3. The van der Waals surface area contributed by atoms with Crippen molar-refractivity contribution in [3.05, 3.63) is 88.9 Å². The maximum atomic E-state index is 13.9. The van der Waals surface area contributed by atoms with Crippen LogP contribution < -0.4 is 5.32 Å². The van der Waals surface area contributed by atoms with E-state index in [1.54, 1.807) is 31.6 Å². The molecule has 0 radical (unpaired) electrons. The normalized spacial score (nSPS) is 16.2. The number of nitrogens with one attached hydrogen (secondary N) is 1. The van der Waals surface area contributed by atoms with E-state index in [2.05, 4.69) is 15.3 Å². The van der Waals surface area contributed by atoms with Crippen molar-refractivity contribution in [1.82, 2.24) is 14.9 Å². The van der Waals surface area contributed by atoms with Gasteiger partial charge in [0.05, 0.1) is 0 Å². The second-order valence-corrected chi connectivity index (χ2v) is 7.74. The summed E-state index contributed by atoms with van der Waals surface area (Å²) in [5.74, 6) is -0.341. The highest BCUT2D eigenvalue weighted by molar-refractivity contribution is 5.95. The number of hydrogen-bond donors (Lipinski definition) is 1. The van der Waals surface area contributed by atoms with Crippen LogP contribution in [0, 0.1) is 11.6 Å². The van der Waals surface area contributed by atoms with Gasteiger partial charge < -0.3 is 10.2 Å². The number of pyridine rings is 2. The maximum Gasteiger partial charge on any atom is 0.254 e. The third kappa shape index (κ3) is 4.71. The van der Waals surface area contributed by atoms with Gasteiger partial charge in [0.15, 0.2) is 0 Å². The molecule has 5 nitrogen and oxygen atoms in total. The fraction of sp³-hybridized carbons (Fsp3) is 0.292. The highest BCUT2D eigenvalue weighted by atomic mass is 19.1. The molecule has 0 bridgehead atoms. The molecule has 1 amide bonds. The molecule has 1 fully saturated rings. The van der Waals surface area contributed by atoms with Crippen molar-refractivity contribution < 1.29 is 13.6 Å². The maximum absolute atomic E-state index is 13.9. The molecule has 7 heteroatoms. The van der Waals surface area contributed by atoms with E-state index >= 15 is 0 Å². The fourth-order valence-electron chi connectivity index (χ4n) is 3.97. The third-order valence-electron chi connectivity index (χ3n) is 5.68. The Morgan fingerprint density at radius 1 is 1.16 bits per heavy atom. The van der Waals surface area contributed by atoms with Gasteiger partial charge in [-0.1, -0.05) is 12.1 Å². The van der Waals surface area contributed by atoms with Crippen molar-refractivity contribution in [2.24, 2.45) is 0 Å². The predicted molar refractivity (Wildman–Crippen MR) is 115 cm³/mol. The lowest BCUT2D eigenvalue weighted by Crippen LogP contribution is -2.39. The van der Waals surface area contributed by atoms with Gasteiger partial charge in [-0.3, -0.25) is 9.78 Å². The van der Waals surface area contributed by atoms with Crippen molar-refractivity contribution in [3.8, 4) is 0 Å². The van der Waals surface area contributed by atoms with Gasteiger partial charge in [-0.25, -0.2) is 13.8 Å². The Bertz CT molecular complexity index is 1050. The second kappa shape index (κ2) is 9.20. The zero-order valence-electron chi connectivity index (χ0n) is 17.3. The molecule has 1 aromatic carbocycles. The van der Waals surface area contributed by atoms with Crippen LogP contribution in [-0.2, 0) is 6.42 Å². The van der Waals surface area contributed by atoms with Gasteiger partial charge in [-0.15, -0.1) is 0 Å². The van der Waals surface area contributed by atoms with E-state index in [1.165, 1.54) is 18.2 Å². The van der Waals surface area contributed by atoms with Gasteiger partial charge in [0.1, 0.15) is 17.5 Å². The van der Waals surface area contributed by atoms with Crippen molar-refractivity contribution in [2.75, 3.05) is 25.5 Å². The average Bonchev–Trinajstić information content (AvgIpc) is 2.81. The van der Waals surface area contributed by atoms with Gasteiger partial charge in [-0.05, 0) is 48.7 Å². The standard InChI is InChI=1S/C24H24F2N4O/c1-27-23-13-17(9-10-28-23)24(31)30-11-3-4-18(15-30)22-8-7-16(14-29-22)12-19-20(25)5-2-6-21(19)26/h2,5-10,13-14,18H,3-4,11-12,15H2,1H3,(H,27,28). The molecule has 2 aromatic heterocycles. The smallest absolute Gasteiger partial charge is 0.254 e. The SMILES string of the molecule is CNc1cc(C(=O)N2CCCC(c3ccc(Cc4c(F)cccc4F)cn3)C2)ccn1. The Balaban J connectivity index is 1.45. The predicted octanol–water partition coefficient (Wildman–Crippen LogP) is 4.41. The zero-order chi connectivity index (χ0) is 21.8. The van der Waals surface area contributed by atoms with Gasteiger partial charge in [0, 0.05) is 61.7 Å². The summed E-state index contributed by atoms with van der Waals surface area (Å²) in [6.45, 7) is 1.29. The number of hydrogen-bond acceptors (Lipinski definition) is 4. The summed E-state index contributed by atoms with van der Waals surface area (Å²) in [6.07, 6.45) is 5.28. The van der Waals surface area contributed by atoms with Crippen molar-refractivity contribution in [1.29, 1.82) is 0 Å². The van der Waals surface area contributed by atoms with Crippen LogP contribution in [-0.4, -0.2) is 40.9 Å². The van der Waals surface area contributed by atoms with E-state index in [4.69, 9.17) is 0 Å². The molecule has 1 N–H and O–H groups in total. The molecule has 160 valence electrons. The molecular formula is C24H24F2N4O. The summed E-state index contributed by atoms with van der Waals surface area (Å²) in [5.41, 5.74) is 2.29. The highest BCUT2D eigenvalue weighted by Gasteiger charge is 2.26. The number of halogens is 2. The molecule has 1 aliphatic heterocycles. The van der Waals surface area contributed by atoms with E-state index in [0.717, 1.165) is 24.1 Å². The molecule has 0 aliphatic carbocycles. The number of amides is 1. The van der Waals surface area contributed by atoms with Gasteiger partial charge in [0.2, 0.25) is 0 Å². The molecule has 1 aliphatic rings. The van der Waals surface area contributed by atoms with Crippen LogP contribution in [0.5, 0.6) is 0 Å². The second-order valence-electron chi connectivity index (χ2n) is 7.74. The van der Waals surface area contributed by atoms with Gasteiger partial charge in [0.25, 0.3) is 5.91 Å². The number of piperidine rings is 1. The van der Waals surface area contributed by atoms with E-state index in [9.17, 15) is 13.6 Å². The monoisotopic (exact) mass is 422 g/mol. The molecule has 0 saturated carbocycles. The van der Waals surface area contributed by atoms with Crippen LogP contribution in [0.3, 0.4) is 0 Å². The Labute approximate surface area is 180 Å². The summed E-state index contributed by atoms with van der Waals surface area (Å²) in [7, 11) is 1.77. The molecule has 0 spiro atoms. The third-order valence-corrected chi connectivity index (χ3v) is 5.68. The van der Waals surface area contributed by atoms with Crippen LogP contribution in [0.1, 0.15) is 45.9 Å². The number of benzene rings is 1. The van der Waals surface area contributed by atoms with Crippen molar-refractivity contribution in [2.45, 2.75) is 25.2 Å². The highest BCUT2D eigenvalue weighted by Crippen LogP contribution is 2.27. The Kier molecular flexibility index (Phi) is 6.21. The summed E-state index contributed by atoms with van der Waals surface area (Å²) in [5, 5.41) is 2.95. The van der Waals surface area contributed by atoms with Crippen LogP contribution in [0.25, 0.3) is 0 Å². The van der Waals surface area contributed by atoms with Gasteiger partial charge in [-0.2, -0.15) is 0 Å². The minimum atomic E-state index is -0.553. The van der Waals surface area contributed by atoms with E-state index in [0.29, 0.717) is 24.5 Å². The number of rotatable bonds is 5. The summed E-state index contributed by atoms with van der Waals surface area (Å²) in [6, 6.07) is 11.1. The molecule has 1 unspecified atom stereocenters.